The minimum Gasteiger partial charge on any atom is -0.503 e. The van der Waals surface area contributed by atoms with E-state index in [0.29, 0.717) is 21.9 Å². The molecule has 40 heavy (non-hydrogen) atoms. The summed E-state index contributed by atoms with van der Waals surface area (Å²) in [5.41, 5.74) is 1.08. The third kappa shape index (κ3) is 4.72. The average Bonchev–Trinajstić information content (AvgIpc) is 3.52. The summed E-state index contributed by atoms with van der Waals surface area (Å²) in [6.45, 7) is 1.86. The van der Waals surface area contributed by atoms with Crippen LogP contribution >= 0.6 is 22.9 Å². The lowest BCUT2D eigenvalue weighted by molar-refractivity contribution is -0.384. The topological polar surface area (TPSA) is 153 Å². The molecule has 2 N–H and O–H groups in total. The summed E-state index contributed by atoms with van der Waals surface area (Å²) < 4.78 is 27.3. The van der Waals surface area contributed by atoms with Gasteiger partial charge in [0.25, 0.3) is 5.69 Å². The molecule has 0 aliphatic rings. The van der Waals surface area contributed by atoms with Gasteiger partial charge in [-0.2, -0.15) is 0 Å². The third-order valence-electron chi connectivity index (χ3n) is 6.05. The van der Waals surface area contributed by atoms with E-state index in [0.717, 1.165) is 40.6 Å². The van der Waals surface area contributed by atoms with E-state index in [1.54, 1.807) is 42.5 Å². The van der Waals surface area contributed by atoms with Crippen molar-refractivity contribution in [2.24, 2.45) is 0 Å². The molecular formula is C27H18ClN3O7S2. The summed E-state index contributed by atoms with van der Waals surface area (Å²) >= 11 is 6.89. The molecule has 0 aliphatic carbocycles. The number of halogens is 1. The number of rotatable bonds is 7. The minimum atomic E-state index is -4.14. The first-order valence-corrected chi connectivity index (χ1v) is 14.2. The van der Waals surface area contributed by atoms with Crippen LogP contribution in [0.1, 0.15) is 21.5 Å². The quantitative estimate of drug-likeness (QED) is 0.133. The Balaban J connectivity index is 1.68. The van der Waals surface area contributed by atoms with Gasteiger partial charge in [-0.05, 0) is 31.2 Å². The lowest BCUT2D eigenvalue weighted by Crippen LogP contribution is -2.05. The smallest absolute Gasteiger partial charge is 0.269 e. The van der Waals surface area contributed by atoms with Crippen LogP contribution in [0.2, 0.25) is 5.02 Å². The second-order valence-corrected chi connectivity index (χ2v) is 12.3. The number of hydrogen-bond donors (Lipinski definition) is 2. The zero-order valence-corrected chi connectivity index (χ0v) is 22.9. The van der Waals surface area contributed by atoms with E-state index < -0.39 is 32.2 Å². The van der Waals surface area contributed by atoms with Crippen molar-refractivity contribution in [3.05, 3.63) is 111 Å². The number of ketones is 1. The Morgan fingerprint density at radius 3 is 2.35 bits per heavy atom. The van der Waals surface area contributed by atoms with E-state index in [2.05, 4.69) is 4.98 Å². The lowest BCUT2D eigenvalue weighted by Gasteiger charge is -2.10. The van der Waals surface area contributed by atoms with Crippen LogP contribution in [-0.4, -0.2) is 38.9 Å². The molecule has 0 spiro atoms. The van der Waals surface area contributed by atoms with Crippen LogP contribution < -0.4 is 0 Å². The zero-order chi connectivity index (χ0) is 28.8. The highest BCUT2D eigenvalue weighted by atomic mass is 35.5. The highest BCUT2D eigenvalue weighted by Crippen LogP contribution is 2.45. The third-order valence-corrected chi connectivity index (χ3v) is 9.49. The number of aryl methyl sites for hydroxylation is 1. The van der Waals surface area contributed by atoms with Crippen LogP contribution in [0.4, 0.5) is 5.69 Å². The molecule has 0 bridgehead atoms. The molecule has 0 atom stereocenters. The molecule has 2 aromatic heterocycles. The molecule has 10 nitrogen and oxygen atoms in total. The van der Waals surface area contributed by atoms with Crippen molar-refractivity contribution >= 4 is 44.2 Å². The summed E-state index contributed by atoms with van der Waals surface area (Å²) in [6, 6.07) is 17.4. The van der Waals surface area contributed by atoms with Gasteiger partial charge >= 0.3 is 0 Å². The van der Waals surface area contributed by atoms with Crippen LogP contribution in [0.15, 0.2) is 88.1 Å². The van der Waals surface area contributed by atoms with Crippen molar-refractivity contribution in [2.45, 2.75) is 16.0 Å². The number of sulfone groups is 1. The largest absolute Gasteiger partial charge is 0.503 e. The Morgan fingerprint density at radius 1 is 1.05 bits per heavy atom. The number of benzene rings is 3. The molecule has 0 saturated carbocycles. The number of non-ortho nitro benzene ring substituents is 1. The van der Waals surface area contributed by atoms with Gasteiger partial charge in [0.1, 0.15) is 4.21 Å². The predicted molar refractivity (Wildman–Crippen MR) is 148 cm³/mol. The van der Waals surface area contributed by atoms with E-state index in [1.807, 2.05) is 6.92 Å². The van der Waals surface area contributed by atoms with Crippen LogP contribution in [0.25, 0.3) is 16.4 Å². The molecule has 202 valence electrons. The van der Waals surface area contributed by atoms with Crippen LogP contribution in [0.3, 0.4) is 0 Å². The zero-order valence-electron chi connectivity index (χ0n) is 20.5. The molecule has 0 aliphatic heterocycles. The van der Waals surface area contributed by atoms with Gasteiger partial charge in [-0.1, -0.05) is 64.9 Å². The monoisotopic (exact) mass is 595 g/mol. The van der Waals surface area contributed by atoms with Crippen molar-refractivity contribution in [1.82, 2.24) is 9.55 Å². The molecule has 5 rings (SSSR count). The normalized spacial score (nSPS) is 11.4. The molecule has 0 radical (unpaired) electrons. The van der Waals surface area contributed by atoms with Crippen LogP contribution in [0.5, 0.6) is 11.6 Å². The van der Waals surface area contributed by atoms with Crippen molar-refractivity contribution in [3.8, 4) is 28.0 Å². The van der Waals surface area contributed by atoms with Crippen molar-refractivity contribution in [1.29, 1.82) is 0 Å². The Labute approximate surface area is 236 Å². The predicted octanol–water partition coefficient (Wildman–Crippen LogP) is 5.95. The Bertz CT molecular complexity index is 1900. The van der Waals surface area contributed by atoms with Gasteiger partial charge in [-0.15, -0.1) is 0 Å². The van der Waals surface area contributed by atoms with Gasteiger partial charge < -0.3 is 10.2 Å². The molecule has 0 saturated heterocycles. The molecule has 0 unspecified atom stereocenters. The number of carbonyl (C=O) groups excluding carboxylic acids is 1. The van der Waals surface area contributed by atoms with Crippen molar-refractivity contribution in [2.75, 3.05) is 0 Å². The fraction of sp³-hybridized carbons (Fsp3) is 0.0370. The SMILES string of the molecule is Cc1ccc(C(=O)c2c(O)c(O)n(-c3ncc(S(=O)(=O)c4ccc([N+](=O)[O-])cc4)s3)c2-c2cccc(Cl)c2)cc1. The second-order valence-electron chi connectivity index (χ2n) is 8.65. The number of nitro groups is 1. The maximum atomic E-state index is 13.6. The Kier molecular flexibility index (Phi) is 6.92. The van der Waals surface area contributed by atoms with Gasteiger partial charge in [-0.3, -0.25) is 19.5 Å². The number of aromatic nitrogens is 2. The highest BCUT2D eigenvalue weighted by Gasteiger charge is 2.32. The molecule has 0 amide bonds. The van der Waals surface area contributed by atoms with Crippen LogP contribution in [0, 0.1) is 17.0 Å². The fourth-order valence-corrected chi connectivity index (χ4v) is 6.77. The second kappa shape index (κ2) is 10.2. The maximum Gasteiger partial charge on any atom is 0.269 e. The Morgan fingerprint density at radius 2 is 1.73 bits per heavy atom. The first kappa shape index (κ1) is 27.1. The number of carbonyl (C=O) groups is 1. The number of nitro benzene ring substituents is 1. The summed E-state index contributed by atoms with van der Waals surface area (Å²) in [5, 5.41) is 33.2. The molecule has 3 aromatic carbocycles. The van der Waals surface area contributed by atoms with Crippen molar-refractivity contribution < 1.29 is 28.3 Å². The van der Waals surface area contributed by atoms with Gasteiger partial charge in [0, 0.05) is 28.3 Å². The Hall–Kier alpha value is -4.52. The van der Waals surface area contributed by atoms with Gasteiger partial charge in [-0.25, -0.2) is 13.4 Å². The fourth-order valence-electron chi connectivity index (χ4n) is 4.05. The maximum absolute atomic E-state index is 13.6. The number of aromatic hydroxyl groups is 2. The molecule has 0 fully saturated rings. The average molecular weight is 596 g/mol. The van der Waals surface area contributed by atoms with Crippen molar-refractivity contribution in [3.63, 3.8) is 0 Å². The number of hydrogen-bond acceptors (Lipinski definition) is 9. The minimum absolute atomic E-state index is 0.0525. The van der Waals surface area contributed by atoms with Gasteiger partial charge in [0.2, 0.25) is 15.7 Å². The van der Waals surface area contributed by atoms with E-state index in [1.165, 1.54) is 6.07 Å². The van der Waals surface area contributed by atoms with E-state index in [9.17, 15) is 33.5 Å². The summed E-state index contributed by atoms with van der Waals surface area (Å²) in [4.78, 5) is 27.9. The first-order valence-electron chi connectivity index (χ1n) is 11.5. The first-order chi connectivity index (χ1) is 19.0. The lowest BCUT2D eigenvalue weighted by atomic mass is 9.98. The molecule has 5 aromatic rings. The summed E-state index contributed by atoms with van der Waals surface area (Å²) in [7, 11) is -4.14. The highest BCUT2D eigenvalue weighted by molar-refractivity contribution is 7.93. The molecule has 2 heterocycles. The van der Waals surface area contributed by atoms with E-state index in [4.69, 9.17) is 11.6 Å². The van der Waals surface area contributed by atoms with E-state index >= 15 is 0 Å². The summed E-state index contributed by atoms with van der Waals surface area (Å²) in [6.07, 6.45) is 1.07. The summed E-state index contributed by atoms with van der Waals surface area (Å²) in [5.74, 6) is -2.02. The standard InChI is InChI=1S/C27H18ClN3O7S2/c1-15-5-7-16(8-6-15)24(32)22-23(17-3-2-4-18(28)13-17)30(26(34)25(22)33)27-29-14-21(39-27)40(37,38)20-11-9-19(10-12-20)31(35)36/h2-14,33-34H,1H3. The molecule has 13 heteroatoms. The van der Waals surface area contributed by atoms with Gasteiger partial charge in [0.15, 0.2) is 16.7 Å². The number of thiazole rings is 1. The van der Waals surface area contributed by atoms with E-state index in [-0.39, 0.29) is 36.7 Å². The number of nitrogens with zero attached hydrogens (tertiary/aromatic N) is 3. The van der Waals surface area contributed by atoms with Crippen LogP contribution in [-0.2, 0) is 9.84 Å². The van der Waals surface area contributed by atoms with Gasteiger partial charge in [0.05, 0.1) is 27.3 Å². The molecular weight excluding hydrogens is 578 g/mol.